The van der Waals surface area contributed by atoms with Crippen LogP contribution in [-0.4, -0.2) is 25.9 Å². The lowest BCUT2D eigenvalue weighted by Crippen LogP contribution is -2.20. The van der Waals surface area contributed by atoms with E-state index in [2.05, 4.69) is 34.6 Å². The average molecular weight is 215 g/mol. The summed E-state index contributed by atoms with van der Waals surface area (Å²) in [5, 5.41) is 0. The lowest BCUT2D eigenvalue weighted by Gasteiger charge is -2.21. The van der Waals surface area contributed by atoms with E-state index < -0.39 is 0 Å². The molecule has 0 saturated heterocycles. The van der Waals surface area contributed by atoms with Crippen molar-refractivity contribution in [1.82, 2.24) is 0 Å². The van der Waals surface area contributed by atoms with Crippen LogP contribution in [0.1, 0.15) is 40.5 Å². The summed E-state index contributed by atoms with van der Waals surface area (Å²) < 4.78 is 11.0. The van der Waals surface area contributed by atoms with Crippen LogP contribution in [0.3, 0.4) is 0 Å². The SMILES string of the molecule is [CH2]COCCOC(CC(C)C)CC(C)C. The average Bonchev–Trinajstić information content (AvgIpc) is 2.10. The zero-order valence-electron chi connectivity index (χ0n) is 10.8. The Bertz CT molecular complexity index is 122. The summed E-state index contributed by atoms with van der Waals surface area (Å²) in [6, 6.07) is 0. The number of hydrogen-bond donors (Lipinski definition) is 0. The summed E-state index contributed by atoms with van der Waals surface area (Å²) in [6.07, 6.45) is 2.67. The van der Waals surface area contributed by atoms with Gasteiger partial charge in [0, 0.05) is 6.61 Å². The molecule has 0 aliphatic carbocycles. The first kappa shape index (κ1) is 14.9. The highest BCUT2D eigenvalue weighted by atomic mass is 16.5. The van der Waals surface area contributed by atoms with E-state index in [0.717, 1.165) is 12.8 Å². The van der Waals surface area contributed by atoms with Gasteiger partial charge in [-0.2, -0.15) is 0 Å². The van der Waals surface area contributed by atoms with Crippen molar-refractivity contribution in [3.05, 3.63) is 6.92 Å². The zero-order valence-corrected chi connectivity index (χ0v) is 10.8. The van der Waals surface area contributed by atoms with E-state index in [4.69, 9.17) is 9.47 Å². The molecule has 91 valence electrons. The third-order valence-corrected chi connectivity index (χ3v) is 2.19. The Morgan fingerprint density at radius 2 is 1.47 bits per heavy atom. The summed E-state index contributed by atoms with van der Waals surface area (Å²) in [5.41, 5.74) is 0. The van der Waals surface area contributed by atoms with Gasteiger partial charge in [-0.15, -0.1) is 0 Å². The van der Waals surface area contributed by atoms with Crippen molar-refractivity contribution < 1.29 is 9.47 Å². The maximum atomic E-state index is 5.81. The summed E-state index contributed by atoms with van der Waals surface area (Å²) in [5.74, 6) is 1.39. The van der Waals surface area contributed by atoms with Gasteiger partial charge in [-0.1, -0.05) is 27.7 Å². The van der Waals surface area contributed by atoms with Crippen LogP contribution in [0.2, 0.25) is 0 Å². The Morgan fingerprint density at radius 1 is 0.933 bits per heavy atom. The second kappa shape index (κ2) is 9.17. The van der Waals surface area contributed by atoms with Gasteiger partial charge in [0.2, 0.25) is 0 Å². The van der Waals surface area contributed by atoms with Crippen LogP contribution in [0.15, 0.2) is 0 Å². The minimum atomic E-state index is 0.387. The van der Waals surface area contributed by atoms with Gasteiger partial charge in [-0.25, -0.2) is 0 Å². The first-order valence-electron chi connectivity index (χ1n) is 6.04. The molecule has 0 N–H and O–H groups in total. The van der Waals surface area contributed by atoms with Gasteiger partial charge in [0.15, 0.2) is 0 Å². The molecule has 0 aliphatic rings. The first-order chi connectivity index (χ1) is 7.06. The second-order valence-electron chi connectivity index (χ2n) is 4.86. The van der Waals surface area contributed by atoms with Crippen LogP contribution in [0.4, 0.5) is 0 Å². The molecular weight excluding hydrogens is 188 g/mol. The van der Waals surface area contributed by atoms with Crippen molar-refractivity contribution >= 4 is 0 Å². The minimum absolute atomic E-state index is 0.387. The lowest BCUT2D eigenvalue weighted by atomic mass is 9.98. The van der Waals surface area contributed by atoms with Gasteiger partial charge in [0.25, 0.3) is 0 Å². The summed E-state index contributed by atoms with van der Waals surface area (Å²) in [4.78, 5) is 0. The summed E-state index contributed by atoms with van der Waals surface area (Å²) >= 11 is 0. The van der Waals surface area contributed by atoms with Gasteiger partial charge in [0.05, 0.1) is 19.3 Å². The van der Waals surface area contributed by atoms with Crippen LogP contribution in [0, 0.1) is 18.8 Å². The maximum absolute atomic E-state index is 5.81. The molecule has 0 spiro atoms. The van der Waals surface area contributed by atoms with E-state index in [0.29, 0.717) is 37.8 Å². The van der Waals surface area contributed by atoms with Gasteiger partial charge >= 0.3 is 0 Å². The molecule has 2 nitrogen and oxygen atoms in total. The Labute approximate surface area is 95.3 Å². The van der Waals surface area contributed by atoms with Gasteiger partial charge in [-0.05, 0) is 31.6 Å². The van der Waals surface area contributed by atoms with E-state index >= 15 is 0 Å². The van der Waals surface area contributed by atoms with Crippen molar-refractivity contribution in [2.24, 2.45) is 11.8 Å². The van der Waals surface area contributed by atoms with Gasteiger partial charge in [-0.3, -0.25) is 0 Å². The Kier molecular flexibility index (Phi) is 9.12. The Hall–Kier alpha value is -0.0800. The van der Waals surface area contributed by atoms with Crippen LogP contribution >= 0.6 is 0 Å². The molecule has 0 unspecified atom stereocenters. The first-order valence-corrected chi connectivity index (χ1v) is 6.04. The molecule has 0 heterocycles. The highest BCUT2D eigenvalue weighted by molar-refractivity contribution is 4.63. The van der Waals surface area contributed by atoms with E-state index in [-0.39, 0.29) is 0 Å². The van der Waals surface area contributed by atoms with Crippen LogP contribution in [-0.2, 0) is 9.47 Å². The Balaban J connectivity index is 3.69. The minimum Gasteiger partial charge on any atom is -0.379 e. The monoisotopic (exact) mass is 215 g/mol. The maximum Gasteiger partial charge on any atom is 0.0704 e. The van der Waals surface area contributed by atoms with E-state index in [1.54, 1.807) is 0 Å². The highest BCUT2D eigenvalue weighted by Crippen LogP contribution is 2.16. The largest absolute Gasteiger partial charge is 0.379 e. The molecule has 0 aromatic heterocycles. The number of rotatable bonds is 9. The van der Waals surface area contributed by atoms with E-state index in [1.165, 1.54) is 0 Å². The molecule has 0 atom stereocenters. The van der Waals surface area contributed by atoms with Gasteiger partial charge < -0.3 is 9.47 Å². The van der Waals surface area contributed by atoms with Crippen LogP contribution in [0.5, 0.6) is 0 Å². The lowest BCUT2D eigenvalue weighted by molar-refractivity contribution is -0.00760. The van der Waals surface area contributed by atoms with E-state index in [1.807, 2.05) is 0 Å². The van der Waals surface area contributed by atoms with Crippen LogP contribution in [0.25, 0.3) is 0 Å². The summed E-state index contributed by atoms with van der Waals surface area (Å²) in [6.45, 7) is 14.5. The molecule has 0 aliphatic heterocycles. The fourth-order valence-electron chi connectivity index (χ4n) is 1.66. The third-order valence-electron chi connectivity index (χ3n) is 2.19. The molecule has 0 aromatic carbocycles. The molecule has 0 bridgehead atoms. The molecular formula is C13H27O2. The molecule has 0 rings (SSSR count). The van der Waals surface area contributed by atoms with Crippen LogP contribution < -0.4 is 0 Å². The fourth-order valence-corrected chi connectivity index (χ4v) is 1.66. The van der Waals surface area contributed by atoms with Crippen molar-refractivity contribution in [3.8, 4) is 0 Å². The Morgan fingerprint density at radius 3 is 1.87 bits per heavy atom. The molecule has 0 amide bonds. The predicted molar refractivity (Wildman–Crippen MR) is 64.8 cm³/mol. The second-order valence-corrected chi connectivity index (χ2v) is 4.86. The molecule has 0 aromatic rings. The predicted octanol–water partition coefficient (Wildman–Crippen LogP) is 3.31. The van der Waals surface area contributed by atoms with E-state index in [9.17, 15) is 0 Å². The normalized spacial score (nSPS) is 12.0. The molecule has 0 saturated carbocycles. The molecule has 2 heteroatoms. The standard InChI is InChI=1S/C13H27O2/c1-6-14-7-8-15-13(9-11(2)3)10-12(4)5/h11-13H,1,6-10H2,2-5H3. The highest BCUT2D eigenvalue weighted by Gasteiger charge is 2.12. The molecule has 15 heavy (non-hydrogen) atoms. The number of hydrogen-bond acceptors (Lipinski definition) is 2. The van der Waals surface area contributed by atoms with Crippen molar-refractivity contribution in [2.75, 3.05) is 19.8 Å². The van der Waals surface area contributed by atoms with Gasteiger partial charge in [0.1, 0.15) is 0 Å². The third kappa shape index (κ3) is 10.2. The molecule has 1 radical (unpaired) electrons. The fraction of sp³-hybridized carbons (Fsp3) is 0.923. The van der Waals surface area contributed by atoms with Crippen molar-refractivity contribution in [2.45, 2.75) is 46.6 Å². The zero-order chi connectivity index (χ0) is 11.7. The smallest absolute Gasteiger partial charge is 0.0704 e. The van der Waals surface area contributed by atoms with Crippen molar-refractivity contribution in [3.63, 3.8) is 0 Å². The topological polar surface area (TPSA) is 18.5 Å². The quantitative estimate of drug-likeness (QED) is 0.549. The molecule has 0 fully saturated rings. The number of ether oxygens (including phenoxy) is 2. The summed E-state index contributed by atoms with van der Waals surface area (Å²) in [7, 11) is 0. The van der Waals surface area contributed by atoms with Crippen molar-refractivity contribution in [1.29, 1.82) is 0 Å².